The van der Waals surface area contributed by atoms with Gasteiger partial charge in [-0.1, -0.05) is 6.07 Å². The van der Waals surface area contributed by atoms with Crippen LogP contribution in [-0.2, 0) is 13.0 Å². The molecule has 8 nitrogen and oxygen atoms in total. The zero-order valence-electron chi connectivity index (χ0n) is 20.2. The van der Waals surface area contributed by atoms with Crippen molar-refractivity contribution in [3.8, 4) is 11.4 Å². The number of amides is 1. The lowest BCUT2D eigenvalue weighted by atomic mass is 10.1. The zero-order chi connectivity index (χ0) is 24.5. The molecule has 0 saturated heterocycles. The third-order valence-corrected chi connectivity index (χ3v) is 7.20. The van der Waals surface area contributed by atoms with Gasteiger partial charge in [-0.25, -0.2) is 4.98 Å². The average molecular weight is 491 g/mol. The summed E-state index contributed by atoms with van der Waals surface area (Å²) in [7, 11) is 4.07. The molecular formula is C26H30N6O2S. The highest BCUT2D eigenvalue weighted by molar-refractivity contribution is 7.09. The summed E-state index contributed by atoms with van der Waals surface area (Å²) in [5, 5.41) is 5.55. The second kappa shape index (κ2) is 9.67. The van der Waals surface area contributed by atoms with Gasteiger partial charge in [0.1, 0.15) is 11.4 Å². The molecule has 1 aliphatic heterocycles. The minimum Gasteiger partial charge on any atom is -0.381 e. The molecule has 0 saturated carbocycles. The molecule has 1 aliphatic rings. The maximum Gasteiger partial charge on any atom is 0.261 e. The van der Waals surface area contributed by atoms with Crippen LogP contribution in [0.5, 0.6) is 0 Å². The quantitative estimate of drug-likeness (QED) is 0.330. The van der Waals surface area contributed by atoms with E-state index in [1.807, 2.05) is 43.3 Å². The molecule has 0 bridgehead atoms. The van der Waals surface area contributed by atoms with Gasteiger partial charge in [0.2, 0.25) is 0 Å². The number of thiophene rings is 1. The van der Waals surface area contributed by atoms with E-state index in [0.717, 1.165) is 48.2 Å². The molecule has 9 heteroatoms. The van der Waals surface area contributed by atoms with Crippen LogP contribution in [0.3, 0.4) is 0 Å². The van der Waals surface area contributed by atoms with Crippen molar-refractivity contribution < 1.29 is 4.79 Å². The van der Waals surface area contributed by atoms with Crippen LogP contribution in [0, 0.1) is 0 Å². The summed E-state index contributed by atoms with van der Waals surface area (Å²) >= 11 is 1.72. The monoisotopic (exact) mass is 490 g/mol. The van der Waals surface area contributed by atoms with E-state index in [9.17, 15) is 9.59 Å². The Labute approximate surface area is 208 Å². The fraction of sp³-hybridized carbons (Fsp3) is 0.346. The minimum atomic E-state index is -0.215. The van der Waals surface area contributed by atoms with Crippen LogP contribution in [0.4, 0.5) is 5.69 Å². The molecule has 1 amide bonds. The molecule has 0 aliphatic carbocycles. The van der Waals surface area contributed by atoms with Gasteiger partial charge in [-0.2, -0.15) is 0 Å². The second-order valence-electron chi connectivity index (χ2n) is 9.42. The Hall–Kier alpha value is -3.43. The molecule has 4 aromatic rings. The number of pyridine rings is 1. The van der Waals surface area contributed by atoms with Crippen molar-refractivity contribution >= 4 is 34.0 Å². The number of benzene rings is 1. The van der Waals surface area contributed by atoms with Crippen LogP contribution in [0.25, 0.3) is 22.4 Å². The topological polar surface area (TPSA) is 97.1 Å². The molecule has 35 heavy (non-hydrogen) atoms. The highest BCUT2D eigenvalue weighted by Crippen LogP contribution is 2.30. The maximum absolute atomic E-state index is 13.0. The van der Waals surface area contributed by atoms with Crippen molar-refractivity contribution in [3.05, 3.63) is 68.3 Å². The van der Waals surface area contributed by atoms with Crippen molar-refractivity contribution in [3.63, 3.8) is 0 Å². The molecular weight excluding hydrogens is 460 g/mol. The predicted molar refractivity (Wildman–Crippen MR) is 141 cm³/mol. The Bertz CT molecular complexity index is 1410. The van der Waals surface area contributed by atoms with E-state index in [4.69, 9.17) is 4.98 Å². The molecule has 3 N–H and O–H groups in total. The Kier molecular flexibility index (Phi) is 6.44. The molecule has 0 unspecified atom stereocenters. The fourth-order valence-corrected chi connectivity index (χ4v) is 5.47. The maximum atomic E-state index is 13.0. The number of aromatic amines is 2. The standard InChI is InChI=1S/C26H30N6O2S/c1-16(12-18-6-4-11-35-18)28-20-7-8-27-25(33)23(20)24-29-21-13-17-15-32(10-5-9-31(2)3)26(34)19(17)14-22(21)30-24/h4,6-8,11,13-14,16H,5,9-10,12,15H2,1-3H3,(H,29,30)(H2,27,28,33)/t16-/m0/s1. The smallest absolute Gasteiger partial charge is 0.261 e. The fourth-order valence-electron chi connectivity index (χ4n) is 4.64. The van der Waals surface area contributed by atoms with Crippen molar-refractivity contribution in [2.75, 3.05) is 32.5 Å². The predicted octanol–water partition coefficient (Wildman–Crippen LogP) is 3.93. The summed E-state index contributed by atoms with van der Waals surface area (Å²) in [6, 6.07) is 10.0. The molecule has 182 valence electrons. The number of aromatic nitrogens is 3. The first kappa shape index (κ1) is 23.3. The molecule has 1 aromatic carbocycles. The van der Waals surface area contributed by atoms with E-state index in [-0.39, 0.29) is 17.5 Å². The van der Waals surface area contributed by atoms with Gasteiger partial charge in [0.05, 0.1) is 16.7 Å². The summed E-state index contributed by atoms with van der Waals surface area (Å²) in [5.74, 6) is 0.547. The van der Waals surface area contributed by atoms with Crippen LogP contribution in [0.1, 0.15) is 34.1 Å². The summed E-state index contributed by atoms with van der Waals surface area (Å²) in [4.78, 5) is 41.9. The van der Waals surface area contributed by atoms with Gasteiger partial charge in [-0.15, -0.1) is 11.3 Å². The first-order valence-corrected chi connectivity index (χ1v) is 12.7. The molecule has 1 atom stereocenters. The zero-order valence-corrected chi connectivity index (χ0v) is 21.0. The lowest BCUT2D eigenvalue weighted by molar-refractivity contribution is 0.0773. The van der Waals surface area contributed by atoms with Gasteiger partial charge in [-0.3, -0.25) is 9.59 Å². The van der Waals surface area contributed by atoms with E-state index in [0.29, 0.717) is 23.5 Å². The second-order valence-corrected chi connectivity index (χ2v) is 10.5. The Morgan fingerprint density at radius 2 is 2.11 bits per heavy atom. The van der Waals surface area contributed by atoms with E-state index >= 15 is 0 Å². The van der Waals surface area contributed by atoms with Gasteiger partial charge in [0, 0.05) is 42.2 Å². The number of rotatable bonds is 9. The number of nitrogens with zero attached hydrogens (tertiary/aromatic N) is 3. The highest BCUT2D eigenvalue weighted by atomic mass is 32.1. The Balaban J connectivity index is 1.40. The van der Waals surface area contributed by atoms with Crippen molar-refractivity contribution in [2.24, 2.45) is 0 Å². The van der Waals surface area contributed by atoms with Crippen LogP contribution < -0.4 is 10.9 Å². The van der Waals surface area contributed by atoms with Crippen LogP contribution in [0.15, 0.2) is 46.7 Å². The Morgan fingerprint density at radius 3 is 2.89 bits per heavy atom. The third-order valence-electron chi connectivity index (χ3n) is 6.31. The molecule has 0 radical (unpaired) electrons. The van der Waals surface area contributed by atoms with E-state index in [1.54, 1.807) is 17.5 Å². The number of hydrogen-bond acceptors (Lipinski definition) is 6. The highest BCUT2D eigenvalue weighted by Gasteiger charge is 2.28. The number of nitrogens with one attached hydrogen (secondary N) is 3. The lowest BCUT2D eigenvalue weighted by Gasteiger charge is -2.17. The number of carbonyl (C=O) groups is 1. The summed E-state index contributed by atoms with van der Waals surface area (Å²) in [6.45, 7) is 4.37. The summed E-state index contributed by atoms with van der Waals surface area (Å²) < 4.78 is 0. The lowest BCUT2D eigenvalue weighted by Crippen LogP contribution is -2.27. The van der Waals surface area contributed by atoms with Crippen LogP contribution in [0.2, 0.25) is 0 Å². The first-order valence-electron chi connectivity index (χ1n) is 11.9. The van der Waals surface area contributed by atoms with Crippen molar-refractivity contribution in [2.45, 2.75) is 32.4 Å². The van der Waals surface area contributed by atoms with Gasteiger partial charge in [0.15, 0.2) is 0 Å². The molecule has 4 heterocycles. The van der Waals surface area contributed by atoms with Crippen molar-refractivity contribution in [1.29, 1.82) is 0 Å². The summed E-state index contributed by atoms with van der Waals surface area (Å²) in [6.07, 6.45) is 3.45. The van der Waals surface area contributed by atoms with Crippen molar-refractivity contribution in [1.82, 2.24) is 24.8 Å². The van der Waals surface area contributed by atoms with Gasteiger partial charge in [-0.05, 0) is 69.2 Å². The average Bonchev–Trinajstić information content (AvgIpc) is 3.52. The normalized spacial score (nSPS) is 14.2. The van der Waals surface area contributed by atoms with E-state index < -0.39 is 0 Å². The van der Waals surface area contributed by atoms with Gasteiger partial charge in [0.25, 0.3) is 11.5 Å². The van der Waals surface area contributed by atoms with E-state index in [1.165, 1.54) is 4.88 Å². The third kappa shape index (κ3) is 4.87. The number of carbonyl (C=O) groups excluding carboxylic acids is 1. The summed E-state index contributed by atoms with van der Waals surface area (Å²) in [5.41, 5.74) is 4.18. The Morgan fingerprint density at radius 1 is 1.26 bits per heavy atom. The van der Waals surface area contributed by atoms with Gasteiger partial charge >= 0.3 is 0 Å². The number of fused-ring (bicyclic) bond motifs is 2. The van der Waals surface area contributed by atoms with Gasteiger partial charge < -0.3 is 25.1 Å². The number of H-pyrrole nitrogens is 2. The SMILES string of the molecule is C[C@@H](Cc1cccs1)Nc1cc[nH]c(=O)c1-c1nc2cc3c(cc2[nH]1)C(=O)N(CCCN(C)C)C3. The molecule has 5 rings (SSSR count). The molecule has 0 fully saturated rings. The molecule has 3 aromatic heterocycles. The largest absolute Gasteiger partial charge is 0.381 e. The van der Waals surface area contributed by atoms with Crippen LogP contribution in [-0.4, -0.2) is 63.9 Å². The number of imidazole rings is 1. The van der Waals surface area contributed by atoms with E-state index in [2.05, 4.69) is 38.6 Å². The van der Waals surface area contributed by atoms with Crippen LogP contribution >= 0.6 is 11.3 Å². The molecule has 0 spiro atoms. The first-order chi connectivity index (χ1) is 16.9. The number of hydrogen-bond donors (Lipinski definition) is 3. The minimum absolute atomic E-state index is 0.0547. The number of anilines is 1.